The average molecular weight is 327 g/mol. The Kier molecular flexibility index (Phi) is 5.11. The quantitative estimate of drug-likeness (QED) is 0.506. The summed E-state index contributed by atoms with van der Waals surface area (Å²) in [4.78, 5) is 0. The summed E-state index contributed by atoms with van der Waals surface area (Å²) in [7, 11) is 1.64. The van der Waals surface area contributed by atoms with Crippen LogP contribution in [0.5, 0.6) is 0 Å². The molecular weight excluding hydrogens is 314 g/mol. The Morgan fingerprint density at radius 1 is 1.64 bits per heavy atom. The third-order valence-electron chi connectivity index (χ3n) is 1.88. The number of benzene rings is 1. The molecule has 0 saturated heterocycles. The lowest BCUT2D eigenvalue weighted by Gasteiger charge is -2.15. The summed E-state index contributed by atoms with van der Waals surface area (Å²) in [5, 5.41) is 0.736. The zero-order valence-corrected chi connectivity index (χ0v) is 10.7. The molecule has 3 N–H and O–H groups in total. The average Bonchev–Trinajstić information content (AvgIpc) is 2.19. The van der Waals surface area contributed by atoms with Crippen molar-refractivity contribution in [3.05, 3.63) is 32.4 Å². The number of ether oxygens (including phenoxy) is 1. The second-order valence-electron chi connectivity index (χ2n) is 2.85. The molecule has 1 unspecified atom stereocenters. The molecule has 0 bridgehead atoms. The molecule has 3 nitrogen and oxygen atoms in total. The third-order valence-corrected chi connectivity index (χ3v) is 3.45. The van der Waals surface area contributed by atoms with Crippen molar-refractivity contribution in [2.24, 2.45) is 5.84 Å². The van der Waals surface area contributed by atoms with Gasteiger partial charge in [-0.25, -0.2) is 0 Å². The Morgan fingerprint density at radius 2 is 2.36 bits per heavy atom. The maximum absolute atomic E-state index is 6.00. The van der Waals surface area contributed by atoms with Gasteiger partial charge in [0.1, 0.15) is 0 Å². The minimum atomic E-state index is -0.0190. The molecule has 0 aliphatic rings. The fourth-order valence-electron chi connectivity index (χ4n) is 1.14. The smallest absolute Gasteiger partial charge is 0.0694 e. The Hall–Kier alpha value is 0.120. The molecule has 1 rings (SSSR count). The van der Waals surface area contributed by atoms with E-state index in [0.29, 0.717) is 6.61 Å². The number of hydrogen-bond acceptors (Lipinski definition) is 3. The molecule has 0 spiro atoms. The van der Waals surface area contributed by atoms with Crippen molar-refractivity contribution in [2.45, 2.75) is 6.04 Å². The molecule has 0 saturated carbocycles. The van der Waals surface area contributed by atoms with Crippen LogP contribution in [-0.2, 0) is 4.74 Å². The van der Waals surface area contributed by atoms with Crippen LogP contribution in [0.4, 0.5) is 0 Å². The number of halogens is 2. The first-order valence-corrected chi connectivity index (χ1v) is 5.54. The second-order valence-corrected chi connectivity index (χ2v) is 4.42. The topological polar surface area (TPSA) is 47.3 Å². The number of nitrogens with one attached hydrogen (secondary N) is 1. The molecule has 0 heterocycles. The zero-order valence-electron chi connectivity index (χ0n) is 7.76. The molecule has 0 aromatic heterocycles. The molecule has 78 valence electrons. The van der Waals surface area contributed by atoms with Gasteiger partial charge in [0.05, 0.1) is 17.7 Å². The first-order chi connectivity index (χ1) is 6.69. The third kappa shape index (κ3) is 3.06. The van der Waals surface area contributed by atoms with E-state index in [2.05, 4.69) is 28.0 Å². The van der Waals surface area contributed by atoms with Crippen molar-refractivity contribution in [1.82, 2.24) is 5.43 Å². The van der Waals surface area contributed by atoms with Crippen LogP contribution in [-0.4, -0.2) is 13.7 Å². The minimum absolute atomic E-state index is 0.0190. The van der Waals surface area contributed by atoms with E-state index in [9.17, 15) is 0 Å². The minimum Gasteiger partial charge on any atom is -0.383 e. The Morgan fingerprint density at radius 3 is 2.86 bits per heavy atom. The van der Waals surface area contributed by atoms with Crippen LogP contribution < -0.4 is 11.3 Å². The lowest BCUT2D eigenvalue weighted by atomic mass is 10.1. The SMILES string of the molecule is COCC(NN)c1ccc(I)c(Cl)c1. The number of methoxy groups -OCH3 is 1. The molecule has 5 heteroatoms. The first-order valence-electron chi connectivity index (χ1n) is 4.09. The largest absolute Gasteiger partial charge is 0.383 e. The van der Waals surface area contributed by atoms with E-state index < -0.39 is 0 Å². The summed E-state index contributed by atoms with van der Waals surface area (Å²) >= 11 is 8.18. The summed E-state index contributed by atoms with van der Waals surface area (Å²) in [6.45, 7) is 0.521. The fraction of sp³-hybridized carbons (Fsp3) is 0.333. The summed E-state index contributed by atoms with van der Waals surface area (Å²) < 4.78 is 6.06. The normalized spacial score (nSPS) is 12.9. The predicted octanol–water partition coefficient (Wildman–Crippen LogP) is 2.10. The molecule has 0 aliphatic carbocycles. The van der Waals surface area contributed by atoms with E-state index >= 15 is 0 Å². The number of hydrazine groups is 1. The van der Waals surface area contributed by atoms with Crippen molar-refractivity contribution in [1.29, 1.82) is 0 Å². The van der Waals surface area contributed by atoms with Crippen LogP contribution in [0.1, 0.15) is 11.6 Å². The Balaban J connectivity index is 2.88. The lowest BCUT2D eigenvalue weighted by Crippen LogP contribution is -2.31. The molecular formula is C9H12ClIN2O. The van der Waals surface area contributed by atoms with Gasteiger partial charge in [-0.2, -0.15) is 0 Å². The van der Waals surface area contributed by atoms with Gasteiger partial charge < -0.3 is 4.74 Å². The van der Waals surface area contributed by atoms with Gasteiger partial charge in [0.2, 0.25) is 0 Å². The van der Waals surface area contributed by atoms with Gasteiger partial charge in [-0.05, 0) is 40.3 Å². The van der Waals surface area contributed by atoms with Crippen LogP contribution >= 0.6 is 34.2 Å². The molecule has 1 atom stereocenters. The molecule has 14 heavy (non-hydrogen) atoms. The summed E-state index contributed by atoms with van der Waals surface area (Å²) in [5.41, 5.74) is 3.71. The van der Waals surface area contributed by atoms with Crippen molar-refractivity contribution in [3.63, 3.8) is 0 Å². The number of nitrogens with two attached hydrogens (primary N) is 1. The van der Waals surface area contributed by atoms with Crippen molar-refractivity contribution in [2.75, 3.05) is 13.7 Å². The van der Waals surface area contributed by atoms with E-state index in [0.717, 1.165) is 14.2 Å². The van der Waals surface area contributed by atoms with Gasteiger partial charge in [0, 0.05) is 10.7 Å². The lowest BCUT2D eigenvalue weighted by molar-refractivity contribution is 0.167. The van der Waals surface area contributed by atoms with Gasteiger partial charge in [0.15, 0.2) is 0 Å². The van der Waals surface area contributed by atoms with Crippen LogP contribution in [0, 0.1) is 3.57 Å². The zero-order chi connectivity index (χ0) is 10.6. The van der Waals surface area contributed by atoms with Gasteiger partial charge in [-0.1, -0.05) is 17.7 Å². The van der Waals surface area contributed by atoms with E-state index in [4.69, 9.17) is 22.2 Å². The predicted molar refractivity (Wildman–Crippen MR) is 66.1 cm³/mol. The highest BCUT2D eigenvalue weighted by molar-refractivity contribution is 14.1. The summed E-state index contributed by atoms with van der Waals surface area (Å²) in [6, 6.07) is 5.82. The standard InChI is InChI=1S/C9H12ClIN2O/c1-14-5-9(13-12)6-2-3-8(11)7(10)4-6/h2-4,9,13H,5,12H2,1H3. The molecule has 0 fully saturated rings. The summed E-state index contributed by atoms with van der Waals surface area (Å²) in [5.74, 6) is 5.40. The summed E-state index contributed by atoms with van der Waals surface area (Å²) in [6.07, 6.45) is 0. The monoisotopic (exact) mass is 326 g/mol. The molecule has 0 aliphatic heterocycles. The van der Waals surface area contributed by atoms with Crippen molar-refractivity contribution < 1.29 is 4.74 Å². The molecule has 0 radical (unpaired) electrons. The van der Waals surface area contributed by atoms with Crippen LogP contribution in [0.15, 0.2) is 18.2 Å². The fourth-order valence-corrected chi connectivity index (χ4v) is 1.66. The first kappa shape index (κ1) is 12.2. The van der Waals surface area contributed by atoms with Crippen molar-refractivity contribution in [3.8, 4) is 0 Å². The van der Waals surface area contributed by atoms with E-state index in [1.807, 2.05) is 18.2 Å². The van der Waals surface area contributed by atoms with Crippen LogP contribution in [0.25, 0.3) is 0 Å². The van der Waals surface area contributed by atoms with Gasteiger partial charge >= 0.3 is 0 Å². The molecule has 1 aromatic carbocycles. The van der Waals surface area contributed by atoms with E-state index in [1.165, 1.54) is 0 Å². The highest BCUT2D eigenvalue weighted by Crippen LogP contribution is 2.23. The molecule has 1 aromatic rings. The van der Waals surface area contributed by atoms with Gasteiger partial charge in [-0.15, -0.1) is 0 Å². The van der Waals surface area contributed by atoms with Crippen molar-refractivity contribution >= 4 is 34.2 Å². The maximum atomic E-state index is 6.00. The number of rotatable bonds is 4. The highest BCUT2D eigenvalue weighted by atomic mass is 127. The molecule has 0 amide bonds. The second kappa shape index (κ2) is 5.87. The Bertz CT molecular complexity index is 309. The van der Waals surface area contributed by atoms with Gasteiger partial charge in [0.25, 0.3) is 0 Å². The maximum Gasteiger partial charge on any atom is 0.0694 e. The number of hydrogen-bond donors (Lipinski definition) is 2. The van der Waals surface area contributed by atoms with Crippen LogP contribution in [0.3, 0.4) is 0 Å². The van der Waals surface area contributed by atoms with Crippen LogP contribution in [0.2, 0.25) is 5.02 Å². The Labute approximate surface area is 102 Å². The highest BCUT2D eigenvalue weighted by Gasteiger charge is 2.10. The van der Waals surface area contributed by atoms with E-state index in [1.54, 1.807) is 7.11 Å². The van der Waals surface area contributed by atoms with Gasteiger partial charge in [-0.3, -0.25) is 11.3 Å². The van der Waals surface area contributed by atoms with E-state index in [-0.39, 0.29) is 6.04 Å².